The highest BCUT2D eigenvalue weighted by atomic mass is 35.5. The van der Waals surface area contributed by atoms with Crippen LogP contribution in [0.3, 0.4) is 0 Å². The molecule has 2 amide bonds. The second-order valence-corrected chi connectivity index (χ2v) is 9.64. The summed E-state index contributed by atoms with van der Waals surface area (Å²) in [5.41, 5.74) is 1.09. The molecule has 7 nitrogen and oxygen atoms in total. The lowest BCUT2D eigenvalue weighted by atomic mass is 9.95. The molecule has 0 atom stereocenters. The number of carbonyl (C=O) groups is 2. The molecule has 2 aliphatic rings. The van der Waals surface area contributed by atoms with Crippen molar-refractivity contribution in [2.75, 3.05) is 60.0 Å². The fraction of sp³-hybridized carbons (Fsp3) is 0.667. The van der Waals surface area contributed by atoms with Crippen molar-refractivity contribution in [2.24, 2.45) is 5.92 Å². The average Bonchev–Trinajstić information content (AvgIpc) is 2.79. The van der Waals surface area contributed by atoms with Crippen molar-refractivity contribution in [2.45, 2.75) is 39.3 Å². The molecule has 3 rings (SSSR count). The number of likely N-dealkylation sites (tertiary alicyclic amines) is 1. The number of carbonyl (C=O) groups excluding carboxylic acids is 2. The first kappa shape index (κ1) is 24.8. The summed E-state index contributed by atoms with van der Waals surface area (Å²) in [6, 6.07) is 5.92. The molecule has 1 aromatic rings. The zero-order chi connectivity index (χ0) is 23.3. The minimum absolute atomic E-state index is 0.0403. The highest BCUT2D eigenvalue weighted by Crippen LogP contribution is 2.25. The van der Waals surface area contributed by atoms with E-state index < -0.39 is 0 Å². The van der Waals surface area contributed by atoms with Gasteiger partial charge in [0.15, 0.2) is 0 Å². The molecular formula is C24H37ClN4O3. The van der Waals surface area contributed by atoms with Gasteiger partial charge in [0.05, 0.1) is 13.7 Å². The van der Waals surface area contributed by atoms with Crippen LogP contribution in [0.4, 0.5) is 0 Å². The zero-order valence-corrected chi connectivity index (χ0v) is 20.6. The molecule has 0 unspecified atom stereocenters. The summed E-state index contributed by atoms with van der Waals surface area (Å²) in [5.74, 6) is 1.28. The molecule has 32 heavy (non-hydrogen) atoms. The summed E-state index contributed by atoms with van der Waals surface area (Å²) in [6.45, 7) is 10.2. The van der Waals surface area contributed by atoms with Crippen LogP contribution in [0.15, 0.2) is 18.2 Å². The van der Waals surface area contributed by atoms with E-state index in [0.717, 1.165) is 56.9 Å². The highest BCUT2D eigenvalue weighted by Gasteiger charge is 2.30. The van der Waals surface area contributed by atoms with E-state index in [4.69, 9.17) is 16.3 Å². The summed E-state index contributed by atoms with van der Waals surface area (Å²) in [5, 5.41) is 0.714. The minimum atomic E-state index is 0.0403. The number of amides is 2. The lowest BCUT2D eigenvalue weighted by Gasteiger charge is -2.37. The number of piperidine rings is 1. The normalized spacial score (nSPS) is 18.8. The van der Waals surface area contributed by atoms with E-state index in [9.17, 15) is 9.59 Å². The standard InChI is InChI=1S/C24H37ClN4O3/c1-18(2)26(3)24(31)19-7-9-29(10-8-19)23(30)17-28-13-11-27(12-14-28)16-20-15-21(25)5-6-22(20)32-4/h5-6,15,18-19H,7-14,16-17H2,1-4H3. The third-order valence-electron chi connectivity index (χ3n) is 6.78. The zero-order valence-electron chi connectivity index (χ0n) is 19.8. The summed E-state index contributed by atoms with van der Waals surface area (Å²) >= 11 is 6.16. The number of methoxy groups -OCH3 is 1. The van der Waals surface area contributed by atoms with Gasteiger partial charge in [-0.25, -0.2) is 0 Å². The van der Waals surface area contributed by atoms with Gasteiger partial charge in [0.2, 0.25) is 11.8 Å². The number of nitrogens with zero attached hydrogens (tertiary/aromatic N) is 4. The Morgan fingerprint density at radius 3 is 2.31 bits per heavy atom. The number of hydrogen-bond donors (Lipinski definition) is 0. The van der Waals surface area contributed by atoms with Gasteiger partial charge in [-0.05, 0) is 44.9 Å². The van der Waals surface area contributed by atoms with Crippen LogP contribution in [0.5, 0.6) is 5.75 Å². The third kappa shape index (κ3) is 6.36. The molecule has 2 saturated heterocycles. The van der Waals surface area contributed by atoms with E-state index >= 15 is 0 Å². The van der Waals surface area contributed by atoms with Gasteiger partial charge in [-0.1, -0.05) is 11.6 Å². The second-order valence-electron chi connectivity index (χ2n) is 9.21. The first-order chi connectivity index (χ1) is 15.3. The molecule has 0 aromatic heterocycles. The van der Waals surface area contributed by atoms with Crippen molar-refractivity contribution in [1.29, 1.82) is 0 Å². The molecule has 2 aliphatic heterocycles. The number of hydrogen-bond acceptors (Lipinski definition) is 5. The molecule has 2 fully saturated rings. The number of halogens is 1. The Bertz CT molecular complexity index is 787. The summed E-state index contributed by atoms with van der Waals surface area (Å²) in [6.07, 6.45) is 1.52. The first-order valence-corrected chi connectivity index (χ1v) is 12.0. The quantitative estimate of drug-likeness (QED) is 0.620. The van der Waals surface area contributed by atoms with Crippen LogP contribution >= 0.6 is 11.6 Å². The molecule has 0 bridgehead atoms. The lowest BCUT2D eigenvalue weighted by Crippen LogP contribution is -2.51. The SMILES string of the molecule is COc1ccc(Cl)cc1CN1CCN(CC(=O)N2CCC(C(=O)N(C)C(C)C)CC2)CC1. The molecule has 178 valence electrons. The van der Waals surface area contributed by atoms with E-state index in [1.165, 1.54) is 0 Å². The van der Waals surface area contributed by atoms with Crippen LogP contribution in [0.2, 0.25) is 5.02 Å². The monoisotopic (exact) mass is 464 g/mol. The fourth-order valence-corrected chi connectivity index (χ4v) is 4.62. The van der Waals surface area contributed by atoms with Crippen molar-refractivity contribution in [3.05, 3.63) is 28.8 Å². The van der Waals surface area contributed by atoms with Crippen LogP contribution in [0, 0.1) is 5.92 Å². The lowest BCUT2D eigenvalue weighted by molar-refractivity contribution is -0.141. The number of benzene rings is 1. The van der Waals surface area contributed by atoms with Crippen molar-refractivity contribution in [1.82, 2.24) is 19.6 Å². The Balaban J connectivity index is 1.42. The van der Waals surface area contributed by atoms with Gasteiger partial charge in [0, 0.05) is 75.4 Å². The van der Waals surface area contributed by atoms with E-state index in [2.05, 4.69) is 9.80 Å². The Morgan fingerprint density at radius 1 is 1.09 bits per heavy atom. The molecule has 1 aromatic carbocycles. The topological polar surface area (TPSA) is 56.3 Å². The maximum absolute atomic E-state index is 12.8. The largest absolute Gasteiger partial charge is 0.496 e. The van der Waals surface area contributed by atoms with Gasteiger partial charge in [0.1, 0.15) is 5.75 Å². The Hall–Kier alpha value is -1.83. The predicted molar refractivity (Wildman–Crippen MR) is 127 cm³/mol. The van der Waals surface area contributed by atoms with Crippen LogP contribution in [-0.4, -0.2) is 97.4 Å². The van der Waals surface area contributed by atoms with Crippen LogP contribution < -0.4 is 4.74 Å². The van der Waals surface area contributed by atoms with Gasteiger partial charge in [-0.3, -0.25) is 19.4 Å². The van der Waals surface area contributed by atoms with Crippen molar-refractivity contribution in [3.8, 4) is 5.75 Å². The van der Waals surface area contributed by atoms with Gasteiger partial charge >= 0.3 is 0 Å². The van der Waals surface area contributed by atoms with Crippen molar-refractivity contribution >= 4 is 23.4 Å². The smallest absolute Gasteiger partial charge is 0.236 e. The molecule has 0 radical (unpaired) electrons. The molecule has 0 spiro atoms. The highest BCUT2D eigenvalue weighted by molar-refractivity contribution is 6.30. The maximum Gasteiger partial charge on any atom is 0.236 e. The number of rotatable bonds is 7. The van der Waals surface area contributed by atoms with Crippen molar-refractivity contribution < 1.29 is 14.3 Å². The van der Waals surface area contributed by atoms with Crippen LogP contribution in [0.1, 0.15) is 32.3 Å². The second kappa shape index (κ2) is 11.3. The summed E-state index contributed by atoms with van der Waals surface area (Å²) < 4.78 is 5.46. The van der Waals surface area contributed by atoms with Gasteiger partial charge in [-0.15, -0.1) is 0 Å². The molecule has 0 saturated carbocycles. The number of piperazine rings is 1. The maximum atomic E-state index is 12.8. The van der Waals surface area contributed by atoms with Gasteiger partial charge < -0.3 is 14.5 Å². The van der Waals surface area contributed by atoms with Gasteiger partial charge in [-0.2, -0.15) is 0 Å². The molecule has 8 heteroatoms. The molecule has 0 aliphatic carbocycles. The van der Waals surface area contributed by atoms with Crippen molar-refractivity contribution in [3.63, 3.8) is 0 Å². The first-order valence-electron chi connectivity index (χ1n) is 11.6. The van der Waals surface area contributed by atoms with Crippen LogP contribution in [-0.2, 0) is 16.1 Å². The summed E-state index contributed by atoms with van der Waals surface area (Å²) in [7, 11) is 3.55. The summed E-state index contributed by atoms with van der Waals surface area (Å²) in [4.78, 5) is 33.7. The van der Waals surface area contributed by atoms with E-state index in [0.29, 0.717) is 24.7 Å². The Morgan fingerprint density at radius 2 is 1.72 bits per heavy atom. The van der Waals surface area contributed by atoms with E-state index in [1.54, 1.807) is 7.11 Å². The average molecular weight is 465 g/mol. The van der Waals surface area contributed by atoms with Gasteiger partial charge in [0.25, 0.3) is 0 Å². The van der Waals surface area contributed by atoms with Crippen LogP contribution in [0.25, 0.3) is 0 Å². The Labute approximate surface area is 197 Å². The predicted octanol–water partition coefficient (Wildman–Crippen LogP) is 2.57. The number of ether oxygens (including phenoxy) is 1. The Kier molecular flexibility index (Phi) is 8.79. The molecule has 2 heterocycles. The third-order valence-corrected chi connectivity index (χ3v) is 7.01. The minimum Gasteiger partial charge on any atom is -0.496 e. The molecular weight excluding hydrogens is 428 g/mol. The molecule has 0 N–H and O–H groups in total. The fourth-order valence-electron chi connectivity index (χ4n) is 4.43. The van der Waals surface area contributed by atoms with E-state index in [-0.39, 0.29) is 23.8 Å². The van der Waals surface area contributed by atoms with E-state index in [1.807, 2.05) is 48.9 Å².